The molecule has 0 radical (unpaired) electrons. The lowest BCUT2D eigenvalue weighted by atomic mass is 10.1. The Balaban J connectivity index is 2.10. The molecule has 0 amide bonds. The summed E-state index contributed by atoms with van der Waals surface area (Å²) in [5.41, 5.74) is 3.83. The normalized spacial score (nSPS) is 11.5. The van der Waals surface area contributed by atoms with E-state index in [4.69, 9.17) is 4.74 Å². The maximum Gasteiger partial charge on any atom is 0.335 e. The Morgan fingerprint density at radius 3 is 2.46 bits per heavy atom. The zero-order valence-electron chi connectivity index (χ0n) is 14.9. The molecule has 0 spiro atoms. The summed E-state index contributed by atoms with van der Waals surface area (Å²) in [6.07, 6.45) is 2.66. The molecule has 1 heterocycles. The number of rotatable bonds is 6. The number of hydrogen-bond acceptors (Lipinski definition) is 3. The number of nitrogens with zero attached hydrogens (tertiary/aromatic N) is 1. The van der Waals surface area contributed by atoms with Crippen LogP contribution in [0.5, 0.6) is 0 Å². The summed E-state index contributed by atoms with van der Waals surface area (Å²) in [4.78, 5) is 24.2. The zero-order chi connectivity index (χ0) is 18.5. The highest BCUT2D eigenvalue weighted by Crippen LogP contribution is 2.26. The summed E-state index contributed by atoms with van der Waals surface area (Å²) in [5.74, 6) is -0.372. The van der Waals surface area contributed by atoms with Crippen molar-refractivity contribution in [3.05, 3.63) is 77.0 Å². The van der Waals surface area contributed by atoms with Crippen LogP contribution in [-0.4, -0.2) is 23.4 Å². The molecular formula is C22H21NO3. The number of aryl methyl sites for hydroxylation is 1. The quantitative estimate of drug-likeness (QED) is 0.377. The van der Waals surface area contributed by atoms with E-state index in [1.807, 2.05) is 72.2 Å². The van der Waals surface area contributed by atoms with Crippen molar-refractivity contribution in [2.75, 3.05) is 6.61 Å². The largest absolute Gasteiger partial charge is 0.463 e. The van der Waals surface area contributed by atoms with Gasteiger partial charge < -0.3 is 9.30 Å². The van der Waals surface area contributed by atoms with E-state index < -0.39 is 0 Å². The minimum Gasteiger partial charge on any atom is -0.463 e. The van der Waals surface area contributed by atoms with Crippen molar-refractivity contribution < 1.29 is 14.3 Å². The monoisotopic (exact) mass is 347 g/mol. The Kier molecular flexibility index (Phi) is 5.32. The molecule has 0 aliphatic carbocycles. The van der Waals surface area contributed by atoms with Gasteiger partial charge in [0.05, 0.1) is 24.4 Å². The van der Waals surface area contributed by atoms with Gasteiger partial charge in [0, 0.05) is 10.9 Å². The van der Waals surface area contributed by atoms with Gasteiger partial charge in [0.2, 0.25) is 0 Å². The summed E-state index contributed by atoms with van der Waals surface area (Å²) in [7, 11) is 0. The van der Waals surface area contributed by atoms with Crippen LogP contribution in [0.15, 0.2) is 60.2 Å². The fraction of sp³-hybridized carbons (Fsp3) is 0.182. The van der Waals surface area contributed by atoms with E-state index in [0.29, 0.717) is 17.9 Å². The van der Waals surface area contributed by atoms with Crippen molar-refractivity contribution in [2.24, 2.45) is 0 Å². The van der Waals surface area contributed by atoms with E-state index in [9.17, 15) is 9.59 Å². The smallest absolute Gasteiger partial charge is 0.335 e. The van der Waals surface area contributed by atoms with E-state index >= 15 is 0 Å². The van der Waals surface area contributed by atoms with E-state index in [1.165, 1.54) is 0 Å². The first kappa shape index (κ1) is 17.7. The number of para-hydroxylation sites is 1. The van der Waals surface area contributed by atoms with Gasteiger partial charge in [0.1, 0.15) is 0 Å². The minimum absolute atomic E-state index is 0.274. The first-order valence-electron chi connectivity index (χ1n) is 8.61. The molecule has 0 saturated heterocycles. The molecule has 0 aliphatic heterocycles. The Labute approximate surface area is 152 Å². The summed E-state index contributed by atoms with van der Waals surface area (Å²) < 4.78 is 7.11. The molecule has 4 heteroatoms. The van der Waals surface area contributed by atoms with Crippen LogP contribution in [0.1, 0.15) is 28.5 Å². The molecule has 0 saturated carbocycles. The Morgan fingerprint density at radius 1 is 1.08 bits per heavy atom. The van der Waals surface area contributed by atoms with Gasteiger partial charge in [-0.15, -0.1) is 0 Å². The van der Waals surface area contributed by atoms with Crippen LogP contribution in [0.3, 0.4) is 0 Å². The maximum absolute atomic E-state index is 12.5. The molecule has 26 heavy (non-hydrogen) atoms. The second-order valence-corrected chi connectivity index (χ2v) is 6.03. The number of benzene rings is 2. The number of fused-ring (bicyclic) bond motifs is 1. The van der Waals surface area contributed by atoms with Gasteiger partial charge in [-0.1, -0.05) is 48.5 Å². The van der Waals surface area contributed by atoms with Gasteiger partial charge >= 0.3 is 5.97 Å². The summed E-state index contributed by atoms with van der Waals surface area (Å²) in [6, 6.07) is 17.4. The lowest BCUT2D eigenvalue weighted by Gasteiger charge is -2.11. The third kappa shape index (κ3) is 3.45. The predicted molar refractivity (Wildman–Crippen MR) is 103 cm³/mol. The average Bonchev–Trinajstić information content (AvgIpc) is 2.94. The van der Waals surface area contributed by atoms with E-state index in [-0.39, 0.29) is 12.5 Å². The Hall–Kier alpha value is -3.14. The molecule has 4 nitrogen and oxygen atoms in total. The first-order chi connectivity index (χ1) is 12.7. The molecule has 0 aliphatic rings. The molecular weight excluding hydrogens is 326 g/mol. The molecule has 2 aromatic carbocycles. The first-order valence-corrected chi connectivity index (χ1v) is 8.61. The lowest BCUT2D eigenvalue weighted by molar-refractivity contribution is -0.138. The molecule has 0 atom stereocenters. The van der Waals surface area contributed by atoms with Crippen molar-refractivity contribution in [1.82, 2.24) is 4.57 Å². The fourth-order valence-corrected chi connectivity index (χ4v) is 3.13. The van der Waals surface area contributed by atoms with Gasteiger partial charge in [-0.05, 0) is 37.1 Å². The van der Waals surface area contributed by atoms with Gasteiger partial charge in [-0.3, -0.25) is 4.79 Å². The topological polar surface area (TPSA) is 48.3 Å². The lowest BCUT2D eigenvalue weighted by Crippen LogP contribution is -2.15. The zero-order valence-corrected chi connectivity index (χ0v) is 14.9. The second kappa shape index (κ2) is 7.83. The minimum atomic E-state index is -0.372. The van der Waals surface area contributed by atoms with Gasteiger partial charge in [0.25, 0.3) is 0 Å². The van der Waals surface area contributed by atoms with Crippen LogP contribution in [0, 0.1) is 6.92 Å². The van der Waals surface area contributed by atoms with Crippen molar-refractivity contribution >= 4 is 29.2 Å². The van der Waals surface area contributed by atoms with Crippen LogP contribution >= 0.6 is 0 Å². The van der Waals surface area contributed by atoms with Gasteiger partial charge in [0.15, 0.2) is 6.29 Å². The van der Waals surface area contributed by atoms with Crippen molar-refractivity contribution in [1.29, 1.82) is 0 Å². The molecule has 0 unspecified atom stereocenters. The summed E-state index contributed by atoms with van der Waals surface area (Å²) in [5, 5.41) is 1.01. The SMILES string of the molecule is CCOC(=O)/C(=C/c1ccccc1)Cn1c(C=O)c(C)c2ccccc21. The number of ether oxygens (including phenoxy) is 1. The third-order valence-corrected chi connectivity index (χ3v) is 4.39. The highest BCUT2D eigenvalue weighted by molar-refractivity contribution is 5.96. The molecule has 3 rings (SSSR count). The maximum atomic E-state index is 12.5. The van der Waals surface area contributed by atoms with Crippen LogP contribution in [0.25, 0.3) is 17.0 Å². The summed E-state index contributed by atoms with van der Waals surface area (Å²) in [6.45, 7) is 4.28. The molecule has 1 aromatic heterocycles. The number of carbonyl (C=O) groups is 2. The number of carbonyl (C=O) groups excluding carboxylic acids is 2. The number of aldehydes is 1. The Morgan fingerprint density at radius 2 is 1.77 bits per heavy atom. The average molecular weight is 347 g/mol. The predicted octanol–water partition coefficient (Wildman–Crippen LogP) is 4.41. The highest BCUT2D eigenvalue weighted by atomic mass is 16.5. The van der Waals surface area contributed by atoms with Crippen LogP contribution in [0.4, 0.5) is 0 Å². The molecule has 0 N–H and O–H groups in total. The molecule has 3 aromatic rings. The molecule has 132 valence electrons. The van der Waals surface area contributed by atoms with Crippen LogP contribution in [-0.2, 0) is 16.1 Å². The van der Waals surface area contributed by atoms with Crippen LogP contribution in [0.2, 0.25) is 0 Å². The fourth-order valence-electron chi connectivity index (χ4n) is 3.13. The second-order valence-electron chi connectivity index (χ2n) is 6.03. The molecule has 0 fully saturated rings. The standard InChI is InChI=1S/C22H21NO3/c1-3-26-22(25)18(13-17-9-5-4-6-10-17)14-23-20-12-8-7-11-19(20)16(2)21(23)15-24/h4-13,15H,3,14H2,1-2H3/b18-13+. The number of esters is 1. The van der Waals surface area contributed by atoms with Crippen molar-refractivity contribution in [3.8, 4) is 0 Å². The van der Waals surface area contributed by atoms with Gasteiger partial charge in [-0.25, -0.2) is 4.79 Å². The Bertz CT molecular complexity index is 968. The van der Waals surface area contributed by atoms with Crippen molar-refractivity contribution in [3.63, 3.8) is 0 Å². The van der Waals surface area contributed by atoms with E-state index in [0.717, 1.165) is 28.3 Å². The van der Waals surface area contributed by atoms with E-state index in [2.05, 4.69) is 0 Å². The highest BCUT2D eigenvalue weighted by Gasteiger charge is 2.18. The van der Waals surface area contributed by atoms with Gasteiger partial charge in [-0.2, -0.15) is 0 Å². The molecule has 0 bridgehead atoms. The van der Waals surface area contributed by atoms with E-state index in [1.54, 1.807) is 6.92 Å². The third-order valence-electron chi connectivity index (χ3n) is 4.39. The summed E-state index contributed by atoms with van der Waals surface area (Å²) >= 11 is 0. The van der Waals surface area contributed by atoms with Crippen molar-refractivity contribution in [2.45, 2.75) is 20.4 Å². The number of aromatic nitrogens is 1. The number of hydrogen-bond donors (Lipinski definition) is 0. The van der Waals surface area contributed by atoms with Crippen LogP contribution < -0.4 is 0 Å².